The SMILES string of the molecule is C[C@@H](NC[C@](C)(O)c1ccsc1)c1nc2ccccc2s1. The molecule has 0 saturated carbocycles. The fourth-order valence-corrected chi connectivity index (χ4v) is 3.96. The van der Waals surface area contributed by atoms with Gasteiger partial charge in [-0.25, -0.2) is 4.98 Å². The fourth-order valence-electron chi connectivity index (χ4n) is 2.19. The molecule has 1 aromatic carbocycles. The maximum absolute atomic E-state index is 10.5. The lowest BCUT2D eigenvalue weighted by atomic mass is 9.99. The normalized spacial score (nSPS) is 16.0. The van der Waals surface area contributed by atoms with Crippen LogP contribution < -0.4 is 5.32 Å². The van der Waals surface area contributed by atoms with E-state index in [0.717, 1.165) is 16.1 Å². The molecule has 3 rings (SSSR count). The van der Waals surface area contributed by atoms with Gasteiger partial charge >= 0.3 is 0 Å². The van der Waals surface area contributed by atoms with Gasteiger partial charge in [-0.3, -0.25) is 0 Å². The molecule has 5 heteroatoms. The second-order valence-electron chi connectivity index (χ2n) is 5.41. The van der Waals surface area contributed by atoms with Crippen molar-refractivity contribution in [3.8, 4) is 0 Å². The van der Waals surface area contributed by atoms with Crippen molar-refractivity contribution in [2.75, 3.05) is 6.54 Å². The Morgan fingerprint density at radius 2 is 2.14 bits per heavy atom. The van der Waals surface area contributed by atoms with Gasteiger partial charge in [-0.15, -0.1) is 11.3 Å². The monoisotopic (exact) mass is 318 g/mol. The molecule has 0 radical (unpaired) electrons. The molecule has 0 unspecified atom stereocenters. The van der Waals surface area contributed by atoms with Crippen LogP contribution in [0.3, 0.4) is 0 Å². The van der Waals surface area contributed by atoms with Gasteiger partial charge in [0.05, 0.1) is 16.3 Å². The zero-order valence-corrected chi connectivity index (χ0v) is 13.7. The van der Waals surface area contributed by atoms with Crippen molar-refractivity contribution in [3.63, 3.8) is 0 Å². The van der Waals surface area contributed by atoms with E-state index in [4.69, 9.17) is 0 Å². The number of nitrogens with one attached hydrogen (secondary N) is 1. The van der Waals surface area contributed by atoms with E-state index in [-0.39, 0.29) is 6.04 Å². The summed E-state index contributed by atoms with van der Waals surface area (Å²) in [5, 5.41) is 19.0. The topological polar surface area (TPSA) is 45.1 Å². The maximum atomic E-state index is 10.5. The van der Waals surface area contributed by atoms with Crippen molar-refractivity contribution in [2.24, 2.45) is 0 Å². The number of benzene rings is 1. The van der Waals surface area contributed by atoms with Gasteiger partial charge in [0.2, 0.25) is 0 Å². The number of aromatic nitrogens is 1. The molecule has 0 spiro atoms. The number of nitrogens with zero attached hydrogens (tertiary/aromatic N) is 1. The lowest BCUT2D eigenvalue weighted by Gasteiger charge is -2.24. The van der Waals surface area contributed by atoms with Crippen molar-refractivity contribution in [3.05, 3.63) is 51.7 Å². The van der Waals surface area contributed by atoms with Gasteiger partial charge in [0, 0.05) is 6.54 Å². The van der Waals surface area contributed by atoms with Crippen LogP contribution in [0, 0.1) is 0 Å². The summed E-state index contributed by atoms with van der Waals surface area (Å²) >= 11 is 3.30. The number of rotatable bonds is 5. The molecule has 3 aromatic rings. The van der Waals surface area contributed by atoms with Crippen LogP contribution in [-0.2, 0) is 5.60 Å². The lowest BCUT2D eigenvalue weighted by molar-refractivity contribution is 0.0548. The summed E-state index contributed by atoms with van der Waals surface area (Å²) in [7, 11) is 0. The van der Waals surface area contributed by atoms with Gasteiger partial charge in [0.15, 0.2) is 0 Å². The first-order chi connectivity index (χ1) is 10.1. The van der Waals surface area contributed by atoms with Crippen LogP contribution in [0.1, 0.15) is 30.5 Å². The summed E-state index contributed by atoms with van der Waals surface area (Å²) in [6.45, 7) is 4.43. The number of thiazole rings is 1. The molecule has 2 heterocycles. The summed E-state index contributed by atoms with van der Waals surface area (Å²) in [5.41, 5.74) is 1.14. The minimum Gasteiger partial charge on any atom is -0.384 e. The number of thiophene rings is 1. The quantitative estimate of drug-likeness (QED) is 0.749. The van der Waals surface area contributed by atoms with E-state index in [1.54, 1.807) is 22.7 Å². The van der Waals surface area contributed by atoms with Crippen LogP contribution in [0.15, 0.2) is 41.1 Å². The Labute approximate surface area is 132 Å². The highest BCUT2D eigenvalue weighted by molar-refractivity contribution is 7.18. The predicted molar refractivity (Wildman–Crippen MR) is 89.9 cm³/mol. The third kappa shape index (κ3) is 3.16. The lowest BCUT2D eigenvalue weighted by Crippen LogP contribution is -2.36. The zero-order chi connectivity index (χ0) is 14.9. The average Bonchev–Trinajstić information content (AvgIpc) is 3.13. The van der Waals surface area contributed by atoms with Crippen LogP contribution >= 0.6 is 22.7 Å². The molecule has 2 N–H and O–H groups in total. The van der Waals surface area contributed by atoms with Gasteiger partial charge in [-0.2, -0.15) is 11.3 Å². The summed E-state index contributed by atoms with van der Waals surface area (Å²) in [6.07, 6.45) is 0. The smallest absolute Gasteiger partial charge is 0.111 e. The Bertz CT molecular complexity index is 686. The van der Waals surface area contributed by atoms with Gasteiger partial charge in [0.1, 0.15) is 10.6 Å². The molecule has 2 aromatic heterocycles. The van der Waals surface area contributed by atoms with Gasteiger partial charge in [0.25, 0.3) is 0 Å². The molecular weight excluding hydrogens is 300 g/mol. The van der Waals surface area contributed by atoms with E-state index < -0.39 is 5.60 Å². The van der Waals surface area contributed by atoms with Crippen LogP contribution in [0.5, 0.6) is 0 Å². The van der Waals surface area contributed by atoms with Crippen LogP contribution in [0.4, 0.5) is 0 Å². The van der Waals surface area contributed by atoms with Crippen LogP contribution in [-0.4, -0.2) is 16.6 Å². The van der Waals surface area contributed by atoms with E-state index in [1.807, 2.05) is 41.9 Å². The average molecular weight is 318 g/mol. The summed E-state index contributed by atoms with van der Waals surface area (Å²) in [6, 6.07) is 10.2. The van der Waals surface area contributed by atoms with E-state index in [9.17, 15) is 5.11 Å². The standard InChI is InChI=1S/C16H18N2OS2/c1-11(15-18-13-5-3-4-6-14(13)21-15)17-10-16(2,19)12-7-8-20-9-12/h3-9,11,17,19H,10H2,1-2H3/t11-,16+/m1/s1. The fraction of sp³-hybridized carbons (Fsp3) is 0.312. The van der Waals surface area contributed by atoms with E-state index in [0.29, 0.717) is 6.54 Å². The van der Waals surface area contributed by atoms with Crippen LogP contribution in [0.2, 0.25) is 0 Å². The molecule has 0 aliphatic carbocycles. The number of hydrogen-bond donors (Lipinski definition) is 2. The summed E-state index contributed by atoms with van der Waals surface area (Å²) in [4.78, 5) is 4.65. The molecule has 0 fully saturated rings. The number of aliphatic hydroxyl groups is 1. The third-order valence-corrected chi connectivity index (χ3v) is 5.48. The molecule has 2 atom stereocenters. The Balaban J connectivity index is 1.70. The van der Waals surface area contributed by atoms with Gasteiger partial charge in [-0.1, -0.05) is 12.1 Å². The maximum Gasteiger partial charge on any atom is 0.111 e. The summed E-state index contributed by atoms with van der Waals surface area (Å²) < 4.78 is 1.20. The second-order valence-corrected chi connectivity index (χ2v) is 7.25. The van der Waals surface area contributed by atoms with E-state index in [2.05, 4.69) is 23.3 Å². The predicted octanol–water partition coefficient (Wildman–Crippen LogP) is 3.92. The Hall–Kier alpha value is -1.27. The van der Waals surface area contributed by atoms with Crippen molar-refractivity contribution in [1.82, 2.24) is 10.3 Å². The number of para-hydroxylation sites is 1. The van der Waals surface area contributed by atoms with Gasteiger partial charge in [-0.05, 0) is 48.4 Å². The molecule has 0 bridgehead atoms. The van der Waals surface area contributed by atoms with Crippen molar-refractivity contribution in [2.45, 2.75) is 25.5 Å². The number of fused-ring (bicyclic) bond motifs is 1. The Morgan fingerprint density at radius 1 is 1.33 bits per heavy atom. The van der Waals surface area contributed by atoms with Gasteiger partial charge < -0.3 is 10.4 Å². The first kappa shape index (κ1) is 14.7. The van der Waals surface area contributed by atoms with Crippen molar-refractivity contribution < 1.29 is 5.11 Å². The zero-order valence-electron chi connectivity index (χ0n) is 12.0. The first-order valence-corrected chi connectivity index (χ1v) is 8.66. The largest absolute Gasteiger partial charge is 0.384 e. The number of hydrogen-bond acceptors (Lipinski definition) is 5. The molecule has 110 valence electrons. The molecule has 21 heavy (non-hydrogen) atoms. The van der Waals surface area contributed by atoms with E-state index >= 15 is 0 Å². The minimum absolute atomic E-state index is 0.118. The molecule has 0 amide bonds. The molecule has 0 aliphatic heterocycles. The van der Waals surface area contributed by atoms with Crippen molar-refractivity contribution >= 4 is 32.9 Å². The highest BCUT2D eigenvalue weighted by Gasteiger charge is 2.24. The molecule has 0 aliphatic rings. The Kier molecular flexibility index (Phi) is 4.08. The highest BCUT2D eigenvalue weighted by atomic mass is 32.1. The second kappa shape index (κ2) is 5.85. The van der Waals surface area contributed by atoms with Crippen LogP contribution in [0.25, 0.3) is 10.2 Å². The summed E-state index contributed by atoms with van der Waals surface area (Å²) in [5.74, 6) is 0. The highest BCUT2D eigenvalue weighted by Crippen LogP contribution is 2.27. The van der Waals surface area contributed by atoms with Crippen molar-refractivity contribution in [1.29, 1.82) is 0 Å². The first-order valence-electron chi connectivity index (χ1n) is 6.90. The Morgan fingerprint density at radius 3 is 2.86 bits per heavy atom. The molecular formula is C16H18N2OS2. The molecule has 0 saturated heterocycles. The minimum atomic E-state index is -0.856. The van der Waals surface area contributed by atoms with E-state index in [1.165, 1.54) is 4.70 Å². The third-order valence-electron chi connectivity index (χ3n) is 3.58. The molecule has 3 nitrogen and oxygen atoms in total.